The number of benzene rings is 1. The first-order chi connectivity index (χ1) is 9.04. The minimum atomic E-state index is -0.195. The highest BCUT2D eigenvalue weighted by atomic mass is 79.9. The third-order valence-electron chi connectivity index (χ3n) is 2.93. The first-order valence-corrected chi connectivity index (χ1v) is 6.68. The van der Waals surface area contributed by atoms with Gasteiger partial charge in [0.1, 0.15) is 10.3 Å². The van der Waals surface area contributed by atoms with Gasteiger partial charge in [0.05, 0.1) is 12.3 Å². The molecule has 0 aliphatic carbocycles. The first-order valence-electron chi connectivity index (χ1n) is 5.88. The molecule has 19 heavy (non-hydrogen) atoms. The number of methoxy groups -OCH3 is 1. The second-order valence-electron chi connectivity index (χ2n) is 4.38. The maximum Gasteiger partial charge on any atom is 0.265 e. The van der Waals surface area contributed by atoms with Crippen LogP contribution in [0.2, 0.25) is 0 Å². The van der Waals surface area contributed by atoms with Gasteiger partial charge in [-0.2, -0.15) is 0 Å². The molecule has 1 heterocycles. The summed E-state index contributed by atoms with van der Waals surface area (Å²) in [5.74, 6) is 0.579. The lowest BCUT2D eigenvalue weighted by Crippen LogP contribution is -2.14. The highest BCUT2D eigenvalue weighted by Crippen LogP contribution is 2.24. The number of hydrogen-bond acceptors (Lipinski definition) is 3. The summed E-state index contributed by atoms with van der Waals surface area (Å²) in [5, 5.41) is 0. The Bertz CT molecular complexity index is 645. The van der Waals surface area contributed by atoms with Crippen molar-refractivity contribution < 1.29 is 4.74 Å². The van der Waals surface area contributed by atoms with E-state index in [0.717, 1.165) is 16.7 Å². The van der Waals surface area contributed by atoms with Gasteiger partial charge in [-0.25, -0.2) is 4.98 Å². The van der Waals surface area contributed by atoms with Gasteiger partial charge < -0.3 is 9.72 Å². The molecule has 0 aliphatic rings. The van der Waals surface area contributed by atoms with Crippen LogP contribution >= 0.6 is 15.9 Å². The summed E-state index contributed by atoms with van der Waals surface area (Å²) in [6, 6.07) is 5.99. The number of nitrogens with one attached hydrogen (secondary N) is 1. The number of ether oxygens (including phenoxy) is 1. The minimum Gasteiger partial charge on any atom is -0.378 e. The number of hydrogen-bond donors (Lipinski definition) is 1. The molecule has 0 amide bonds. The van der Waals surface area contributed by atoms with Gasteiger partial charge in [0, 0.05) is 12.7 Å². The second kappa shape index (κ2) is 5.67. The Morgan fingerprint density at radius 2 is 1.95 bits per heavy atom. The van der Waals surface area contributed by atoms with Crippen molar-refractivity contribution in [2.45, 2.75) is 20.5 Å². The van der Waals surface area contributed by atoms with Crippen LogP contribution in [-0.2, 0) is 11.3 Å². The summed E-state index contributed by atoms with van der Waals surface area (Å²) in [5.41, 5.74) is 3.52. The maximum absolute atomic E-state index is 11.9. The van der Waals surface area contributed by atoms with Gasteiger partial charge in [0.25, 0.3) is 5.56 Å². The molecule has 0 saturated carbocycles. The number of halogens is 1. The fourth-order valence-corrected chi connectivity index (χ4v) is 2.35. The molecule has 0 aliphatic heterocycles. The van der Waals surface area contributed by atoms with Gasteiger partial charge in [0.15, 0.2) is 0 Å². The Balaban J connectivity index is 2.67. The monoisotopic (exact) mass is 322 g/mol. The summed E-state index contributed by atoms with van der Waals surface area (Å²) < 4.78 is 5.49. The van der Waals surface area contributed by atoms with E-state index < -0.39 is 0 Å². The largest absolute Gasteiger partial charge is 0.378 e. The molecule has 2 rings (SSSR count). The van der Waals surface area contributed by atoms with Gasteiger partial charge >= 0.3 is 0 Å². The second-order valence-corrected chi connectivity index (χ2v) is 5.17. The van der Waals surface area contributed by atoms with Crippen molar-refractivity contribution in [2.24, 2.45) is 0 Å². The van der Waals surface area contributed by atoms with Gasteiger partial charge in [-0.15, -0.1) is 0 Å². The van der Waals surface area contributed by atoms with Gasteiger partial charge in [-0.1, -0.05) is 18.2 Å². The van der Waals surface area contributed by atoms with Gasteiger partial charge in [-0.05, 0) is 40.9 Å². The smallest absolute Gasteiger partial charge is 0.265 e. The van der Waals surface area contributed by atoms with E-state index in [2.05, 4.69) is 25.9 Å². The number of nitrogens with zero attached hydrogens (tertiary/aromatic N) is 1. The zero-order valence-electron chi connectivity index (χ0n) is 11.1. The third-order valence-corrected chi connectivity index (χ3v) is 3.75. The van der Waals surface area contributed by atoms with E-state index in [1.54, 1.807) is 7.11 Å². The predicted molar refractivity (Wildman–Crippen MR) is 78.2 cm³/mol. The highest BCUT2D eigenvalue weighted by Gasteiger charge is 2.13. The molecule has 0 saturated heterocycles. The van der Waals surface area contributed by atoms with Crippen molar-refractivity contribution in [1.29, 1.82) is 0 Å². The van der Waals surface area contributed by atoms with E-state index in [4.69, 9.17) is 4.74 Å². The van der Waals surface area contributed by atoms with Crippen molar-refractivity contribution in [3.05, 3.63) is 49.8 Å². The standard InChI is InChI=1S/C14H15BrN2O2/c1-8-5-4-6-9(2)11(8)13-16-10(7-19-3)12(15)14(18)17-13/h4-6H,7H2,1-3H3,(H,16,17,18). The molecule has 0 radical (unpaired) electrons. The lowest BCUT2D eigenvalue weighted by Gasteiger charge is -2.11. The Kier molecular flexibility index (Phi) is 4.17. The molecule has 100 valence electrons. The Hall–Kier alpha value is -1.46. The summed E-state index contributed by atoms with van der Waals surface area (Å²) >= 11 is 3.24. The van der Waals surface area contributed by atoms with E-state index in [-0.39, 0.29) is 5.56 Å². The highest BCUT2D eigenvalue weighted by molar-refractivity contribution is 9.10. The van der Waals surface area contributed by atoms with Crippen LogP contribution in [0.1, 0.15) is 16.8 Å². The number of rotatable bonds is 3. The van der Waals surface area contributed by atoms with E-state index in [0.29, 0.717) is 22.6 Å². The van der Waals surface area contributed by atoms with Gasteiger partial charge in [0.2, 0.25) is 0 Å². The van der Waals surface area contributed by atoms with Crippen LogP contribution in [0.25, 0.3) is 11.4 Å². The summed E-state index contributed by atoms with van der Waals surface area (Å²) in [6.07, 6.45) is 0. The zero-order chi connectivity index (χ0) is 14.0. The number of aromatic amines is 1. The molecule has 0 spiro atoms. The van der Waals surface area contributed by atoms with E-state index >= 15 is 0 Å². The molecule has 0 fully saturated rings. The van der Waals surface area contributed by atoms with E-state index in [1.165, 1.54) is 0 Å². The average Bonchev–Trinajstić information content (AvgIpc) is 2.35. The van der Waals surface area contributed by atoms with Crippen molar-refractivity contribution in [1.82, 2.24) is 9.97 Å². The zero-order valence-corrected chi connectivity index (χ0v) is 12.7. The molecule has 0 unspecified atom stereocenters. The molecule has 1 aromatic heterocycles. The SMILES string of the molecule is COCc1nc(-c2c(C)cccc2C)[nH]c(=O)c1Br. The fourth-order valence-electron chi connectivity index (χ4n) is 2.04. The first kappa shape index (κ1) is 14.0. The van der Waals surface area contributed by atoms with E-state index in [9.17, 15) is 4.79 Å². The van der Waals surface area contributed by atoms with Crippen LogP contribution in [0.15, 0.2) is 27.5 Å². The average molecular weight is 323 g/mol. The van der Waals surface area contributed by atoms with Crippen molar-refractivity contribution in [3.63, 3.8) is 0 Å². The molecule has 1 aromatic carbocycles. The summed E-state index contributed by atoms with van der Waals surface area (Å²) in [4.78, 5) is 19.2. The molecule has 2 aromatic rings. The number of aryl methyl sites for hydroxylation is 2. The van der Waals surface area contributed by atoms with Crippen LogP contribution in [0.3, 0.4) is 0 Å². The van der Waals surface area contributed by atoms with Crippen molar-refractivity contribution >= 4 is 15.9 Å². The molecule has 4 nitrogen and oxygen atoms in total. The van der Waals surface area contributed by atoms with Gasteiger partial charge in [-0.3, -0.25) is 4.79 Å². The topological polar surface area (TPSA) is 55.0 Å². The Morgan fingerprint density at radius 3 is 2.53 bits per heavy atom. The summed E-state index contributed by atoms with van der Waals surface area (Å²) in [7, 11) is 1.58. The normalized spacial score (nSPS) is 10.7. The van der Waals surface area contributed by atoms with Crippen molar-refractivity contribution in [3.8, 4) is 11.4 Å². The molecular weight excluding hydrogens is 308 g/mol. The predicted octanol–water partition coefficient (Wildman–Crippen LogP) is 2.96. The molecule has 0 atom stereocenters. The number of H-pyrrole nitrogens is 1. The van der Waals surface area contributed by atoms with Crippen LogP contribution in [0.5, 0.6) is 0 Å². The van der Waals surface area contributed by atoms with Crippen molar-refractivity contribution in [2.75, 3.05) is 7.11 Å². The molecule has 1 N–H and O–H groups in total. The third kappa shape index (κ3) is 2.77. The quantitative estimate of drug-likeness (QED) is 0.945. The van der Waals surface area contributed by atoms with Crippen LogP contribution < -0.4 is 5.56 Å². The minimum absolute atomic E-state index is 0.195. The van der Waals surface area contributed by atoms with Crippen LogP contribution in [-0.4, -0.2) is 17.1 Å². The van der Waals surface area contributed by atoms with Crippen LogP contribution in [0.4, 0.5) is 0 Å². The van der Waals surface area contributed by atoms with Crippen LogP contribution in [0, 0.1) is 13.8 Å². The number of aromatic nitrogens is 2. The Morgan fingerprint density at radius 1 is 1.32 bits per heavy atom. The molecule has 5 heteroatoms. The molecular formula is C14H15BrN2O2. The lowest BCUT2D eigenvalue weighted by molar-refractivity contribution is 0.180. The maximum atomic E-state index is 11.9. The molecule has 0 bridgehead atoms. The van der Waals surface area contributed by atoms with E-state index in [1.807, 2.05) is 32.0 Å². The lowest BCUT2D eigenvalue weighted by atomic mass is 10.0. The fraction of sp³-hybridized carbons (Fsp3) is 0.286. The Labute approximate surface area is 120 Å². The summed E-state index contributed by atoms with van der Waals surface area (Å²) in [6.45, 7) is 4.29.